The first kappa shape index (κ1) is 35.8. The van der Waals surface area contributed by atoms with Gasteiger partial charge in [-0.25, -0.2) is 15.0 Å². The molecule has 5 heteroatoms. The lowest BCUT2D eigenvalue weighted by Crippen LogP contribution is -2.14. The number of hydrogen-bond donors (Lipinski definition) is 0. The summed E-state index contributed by atoms with van der Waals surface area (Å²) < 4.78 is 9.42. The van der Waals surface area contributed by atoms with Crippen LogP contribution in [0.4, 0.5) is 0 Å². The maximum Gasteiger partial charge on any atom is 0.164 e. The van der Waals surface area contributed by atoms with Gasteiger partial charge in [-0.2, -0.15) is 0 Å². The van der Waals surface area contributed by atoms with Crippen molar-refractivity contribution in [3.05, 3.63) is 229 Å². The van der Waals surface area contributed by atoms with Crippen LogP contribution in [0.15, 0.2) is 212 Å². The minimum Gasteiger partial charge on any atom is -0.484 e. The molecule has 5 nitrogen and oxygen atoms in total. The standard InChI is InChI=1S/C57H38N4O/c1-4-14-37(15-5-1)40-26-28-42(29-27-40)55-58-56(44-21-12-20-43(36-44)39-18-8-3-9-19-39)60-57(59-55)48-23-13-25-51-52(48)47-34-35-50-53(54(47)62-51)46-22-10-11-24-49(46)61(50)45-32-30-41(31-33-45)38-16-6-2-7-17-38/h1-36,47,54H. The molecular weight excluding hydrogens is 757 g/mol. The number of ether oxygens (including phenoxy) is 1. The van der Waals surface area contributed by atoms with Crippen molar-refractivity contribution in [3.8, 4) is 79.0 Å². The molecular formula is C57H38N4O. The van der Waals surface area contributed by atoms with Gasteiger partial charge in [-0.05, 0) is 69.8 Å². The zero-order valence-corrected chi connectivity index (χ0v) is 33.6. The lowest BCUT2D eigenvalue weighted by Gasteiger charge is -2.23. The lowest BCUT2D eigenvalue weighted by atomic mass is 9.83. The molecule has 3 heterocycles. The molecule has 62 heavy (non-hydrogen) atoms. The smallest absolute Gasteiger partial charge is 0.164 e. The molecule has 0 spiro atoms. The predicted molar refractivity (Wildman–Crippen MR) is 251 cm³/mol. The van der Waals surface area contributed by atoms with Crippen LogP contribution in [-0.2, 0) is 0 Å². The van der Waals surface area contributed by atoms with Gasteiger partial charge >= 0.3 is 0 Å². The van der Waals surface area contributed by atoms with Gasteiger partial charge in [0.2, 0.25) is 0 Å². The third-order valence-corrected chi connectivity index (χ3v) is 12.3. The van der Waals surface area contributed by atoms with Gasteiger partial charge in [-0.3, -0.25) is 0 Å². The van der Waals surface area contributed by atoms with E-state index in [1.165, 1.54) is 22.1 Å². The Morgan fingerprint density at radius 3 is 1.61 bits per heavy atom. The van der Waals surface area contributed by atoms with Crippen molar-refractivity contribution in [2.24, 2.45) is 0 Å². The van der Waals surface area contributed by atoms with Crippen LogP contribution in [-0.4, -0.2) is 19.5 Å². The highest BCUT2D eigenvalue weighted by Gasteiger charge is 2.42. The lowest BCUT2D eigenvalue weighted by molar-refractivity contribution is 0.224. The van der Waals surface area contributed by atoms with Gasteiger partial charge in [0.1, 0.15) is 11.9 Å². The van der Waals surface area contributed by atoms with Crippen molar-refractivity contribution in [1.82, 2.24) is 19.5 Å². The average molecular weight is 795 g/mol. The van der Waals surface area contributed by atoms with E-state index in [2.05, 4.69) is 211 Å². The van der Waals surface area contributed by atoms with Crippen LogP contribution >= 0.6 is 0 Å². The van der Waals surface area contributed by atoms with Crippen LogP contribution in [0.5, 0.6) is 5.75 Å². The van der Waals surface area contributed by atoms with Gasteiger partial charge < -0.3 is 9.30 Å². The number of para-hydroxylation sites is 1. The number of benzene rings is 8. The second-order valence-electron chi connectivity index (χ2n) is 15.9. The van der Waals surface area contributed by atoms with Crippen molar-refractivity contribution >= 4 is 17.0 Å². The molecule has 0 saturated carbocycles. The van der Waals surface area contributed by atoms with Gasteiger partial charge in [-0.15, -0.1) is 0 Å². The molecule has 0 N–H and O–H groups in total. The van der Waals surface area contributed by atoms with E-state index in [4.69, 9.17) is 19.7 Å². The minimum atomic E-state index is -0.227. The van der Waals surface area contributed by atoms with Crippen LogP contribution < -0.4 is 4.74 Å². The molecule has 0 amide bonds. The molecule has 8 aromatic carbocycles. The van der Waals surface area contributed by atoms with Crippen molar-refractivity contribution in [3.63, 3.8) is 0 Å². The molecule has 12 rings (SSSR count). The Kier molecular flexibility index (Phi) is 8.56. The third-order valence-electron chi connectivity index (χ3n) is 12.3. The number of fused-ring (bicyclic) bond motifs is 7. The van der Waals surface area contributed by atoms with E-state index in [-0.39, 0.29) is 12.0 Å². The quantitative estimate of drug-likeness (QED) is 0.161. The second kappa shape index (κ2) is 14.8. The van der Waals surface area contributed by atoms with Crippen LogP contribution in [0.2, 0.25) is 0 Å². The number of rotatable bonds is 7. The fraction of sp³-hybridized carbons (Fsp3) is 0.0351. The van der Waals surface area contributed by atoms with E-state index in [0.29, 0.717) is 17.5 Å². The molecule has 0 radical (unpaired) electrons. The Labute approximate surface area is 360 Å². The Bertz CT molecular complexity index is 3300. The molecule has 1 aliphatic carbocycles. The fourth-order valence-corrected chi connectivity index (χ4v) is 9.30. The van der Waals surface area contributed by atoms with Crippen molar-refractivity contribution in [1.29, 1.82) is 0 Å². The largest absolute Gasteiger partial charge is 0.484 e. The predicted octanol–water partition coefficient (Wildman–Crippen LogP) is 14.1. The van der Waals surface area contributed by atoms with Crippen molar-refractivity contribution < 1.29 is 4.74 Å². The Morgan fingerprint density at radius 2 is 0.919 bits per heavy atom. The van der Waals surface area contributed by atoms with Crippen LogP contribution in [0.1, 0.15) is 28.8 Å². The minimum absolute atomic E-state index is 0.0522. The maximum atomic E-state index is 7.05. The van der Waals surface area contributed by atoms with E-state index in [0.717, 1.165) is 67.2 Å². The summed E-state index contributed by atoms with van der Waals surface area (Å²) in [6.07, 6.45) is 4.37. The van der Waals surface area contributed by atoms with Crippen molar-refractivity contribution in [2.75, 3.05) is 0 Å². The highest BCUT2D eigenvalue weighted by molar-refractivity contribution is 5.92. The zero-order chi connectivity index (χ0) is 41.0. The normalized spacial score (nSPS) is 14.8. The Balaban J connectivity index is 0.973. The van der Waals surface area contributed by atoms with Crippen LogP contribution in [0.25, 0.3) is 90.2 Å². The molecule has 0 bridgehead atoms. The summed E-state index contributed by atoms with van der Waals surface area (Å²) in [5.41, 5.74) is 15.4. The first-order chi connectivity index (χ1) is 30.7. The average Bonchev–Trinajstić information content (AvgIpc) is 3.91. The molecule has 2 aromatic heterocycles. The first-order valence-electron chi connectivity index (χ1n) is 21.1. The Hall–Kier alpha value is -8.15. The van der Waals surface area contributed by atoms with Gasteiger partial charge in [0.15, 0.2) is 17.5 Å². The molecule has 0 fully saturated rings. The molecule has 0 saturated heterocycles. The van der Waals surface area contributed by atoms with E-state index < -0.39 is 0 Å². The van der Waals surface area contributed by atoms with Gasteiger partial charge in [-0.1, -0.05) is 182 Å². The van der Waals surface area contributed by atoms with Gasteiger partial charge in [0, 0.05) is 44.8 Å². The summed E-state index contributed by atoms with van der Waals surface area (Å²) in [4.78, 5) is 15.7. The maximum absolute atomic E-state index is 7.05. The third kappa shape index (κ3) is 6.13. The van der Waals surface area contributed by atoms with E-state index >= 15 is 0 Å². The van der Waals surface area contributed by atoms with Crippen LogP contribution in [0, 0.1) is 0 Å². The highest BCUT2D eigenvalue weighted by atomic mass is 16.5. The molecule has 292 valence electrons. The Morgan fingerprint density at radius 1 is 0.403 bits per heavy atom. The number of nitrogens with zero attached hydrogens (tertiary/aromatic N) is 4. The zero-order valence-electron chi connectivity index (χ0n) is 33.6. The number of hydrogen-bond acceptors (Lipinski definition) is 4. The van der Waals surface area contributed by atoms with E-state index in [9.17, 15) is 0 Å². The summed E-state index contributed by atoms with van der Waals surface area (Å²) in [7, 11) is 0. The summed E-state index contributed by atoms with van der Waals surface area (Å²) in [5.74, 6) is 2.64. The summed E-state index contributed by atoms with van der Waals surface area (Å²) in [5, 5.41) is 1.19. The molecule has 2 atom stereocenters. The molecule has 2 aliphatic rings. The second-order valence-corrected chi connectivity index (χ2v) is 15.9. The van der Waals surface area contributed by atoms with Gasteiger partial charge in [0.25, 0.3) is 0 Å². The van der Waals surface area contributed by atoms with Crippen molar-refractivity contribution in [2.45, 2.75) is 12.0 Å². The molecule has 2 unspecified atom stereocenters. The highest BCUT2D eigenvalue weighted by Crippen LogP contribution is 2.55. The SMILES string of the molecule is C1=CC2c3c(cccc3-c3nc(-c4ccc(-c5ccccc5)cc4)nc(-c4cccc(-c5ccccc5)c4)n3)OC2c2c1n(-c1ccc(-c3ccccc3)cc1)c1ccccc21. The summed E-state index contributed by atoms with van der Waals surface area (Å²) in [6.45, 7) is 0. The number of aromatic nitrogens is 4. The monoisotopic (exact) mass is 794 g/mol. The topological polar surface area (TPSA) is 52.8 Å². The molecule has 10 aromatic rings. The van der Waals surface area contributed by atoms with E-state index in [1.807, 2.05) is 12.1 Å². The van der Waals surface area contributed by atoms with Gasteiger partial charge in [0.05, 0.1) is 11.2 Å². The molecule has 1 aliphatic heterocycles. The van der Waals surface area contributed by atoms with E-state index in [1.54, 1.807) is 0 Å². The first-order valence-corrected chi connectivity index (χ1v) is 21.1. The summed E-state index contributed by atoms with van der Waals surface area (Å²) in [6, 6.07) is 72.1. The summed E-state index contributed by atoms with van der Waals surface area (Å²) >= 11 is 0. The van der Waals surface area contributed by atoms with Crippen LogP contribution in [0.3, 0.4) is 0 Å². The fourth-order valence-electron chi connectivity index (χ4n) is 9.30.